The van der Waals surface area contributed by atoms with Crippen LogP contribution in [-0.2, 0) is 40.0 Å². The topological polar surface area (TPSA) is 116 Å². The summed E-state index contributed by atoms with van der Waals surface area (Å²) in [7, 11) is 0. The van der Waals surface area contributed by atoms with E-state index in [1.165, 1.54) is 12.5 Å². The van der Waals surface area contributed by atoms with Crippen molar-refractivity contribution in [3.8, 4) is 0 Å². The van der Waals surface area contributed by atoms with Crippen molar-refractivity contribution in [2.45, 2.75) is 84.8 Å². The Morgan fingerprint density at radius 2 is 1.81 bits per heavy atom. The zero-order valence-electron chi connectivity index (χ0n) is 24.8. The number of ether oxygens (including phenoxy) is 3. The highest BCUT2D eigenvalue weighted by Gasteiger charge is 2.60. The Bertz CT molecular complexity index is 1280. The van der Waals surface area contributed by atoms with Gasteiger partial charge in [-0.25, -0.2) is 9.59 Å². The Balaban J connectivity index is 1.38. The van der Waals surface area contributed by atoms with Crippen LogP contribution in [0.3, 0.4) is 0 Å². The maximum atomic E-state index is 13.1. The molecule has 4 aliphatic rings. The first-order valence-corrected chi connectivity index (χ1v) is 15.2. The predicted molar refractivity (Wildman–Crippen MR) is 154 cm³/mol. The molecule has 8 nitrogen and oxygen atoms in total. The minimum Gasteiger partial charge on any atom is -0.477 e. The van der Waals surface area contributed by atoms with Gasteiger partial charge in [0, 0.05) is 12.3 Å². The van der Waals surface area contributed by atoms with Gasteiger partial charge in [-0.3, -0.25) is 9.59 Å². The second-order valence-corrected chi connectivity index (χ2v) is 13.0. The van der Waals surface area contributed by atoms with E-state index in [2.05, 4.69) is 13.0 Å². The highest BCUT2D eigenvalue weighted by atomic mass is 16.5. The lowest BCUT2D eigenvalue weighted by atomic mass is 9.45. The zero-order chi connectivity index (χ0) is 30.1. The molecule has 3 saturated carbocycles. The molecule has 3 fully saturated rings. The number of carboxylic acid groups (broad SMARTS) is 1. The molecule has 0 aliphatic heterocycles. The number of carbonyl (C=O) groups excluding carboxylic acids is 3. The van der Waals surface area contributed by atoms with Crippen LogP contribution >= 0.6 is 0 Å². The Hall–Kier alpha value is -3.42. The number of fused-ring (bicyclic) bond motifs is 5. The SMILES string of the molecule is CC(=O)O[C@H]1CC[C@@]2(COC=O)[C@@H](CC[C@H]3C4=CC[C@H](/C(C)=C(\C(=O)O)C(=O)OCc5ccccc5)[C@@]4(C)CC[C@@H]32)C1. The molecule has 7 atom stereocenters. The molecule has 42 heavy (non-hydrogen) atoms. The molecule has 1 N–H and O–H groups in total. The monoisotopic (exact) mass is 578 g/mol. The van der Waals surface area contributed by atoms with E-state index in [1.807, 2.05) is 30.3 Å². The lowest BCUT2D eigenvalue weighted by molar-refractivity contribution is -0.165. The number of rotatable bonds is 9. The summed E-state index contributed by atoms with van der Waals surface area (Å²) in [5.74, 6) is -1.49. The van der Waals surface area contributed by atoms with Crippen LogP contribution in [0.4, 0.5) is 0 Å². The molecule has 0 amide bonds. The summed E-state index contributed by atoms with van der Waals surface area (Å²) < 4.78 is 16.6. The third kappa shape index (κ3) is 5.40. The minimum absolute atomic E-state index is 0.0172. The average molecular weight is 579 g/mol. The van der Waals surface area contributed by atoms with Gasteiger partial charge in [0.25, 0.3) is 6.47 Å². The summed E-state index contributed by atoms with van der Waals surface area (Å²) in [6, 6.07) is 9.23. The molecule has 1 aromatic carbocycles. The Morgan fingerprint density at radius 3 is 2.50 bits per heavy atom. The lowest BCUT2D eigenvalue weighted by Crippen LogP contribution is -2.55. The van der Waals surface area contributed by atoms with Gasteiger partial charge in [0.15, 0.2) is 0 Å². The first-order valence-electron chi connectivity index (χ1n) is 15.2. The highest BCUT2D eigenvalue weighted by molar-refractivity contribution is 6.14. The van der Waals surface area contributed by atoms with Crippen LogP contribution in [0.2, 0.25) is 0 Å². The second kappa shape index (κ2) is 12.1. The molecule has 0 spiro atoms. The summed E-state index contributed by atoms with van der Waals surface area (Å²) in [6.45, 7) is 6.39. The van der Waals surface area contributed by atoms with Gasteiger partial charge >= 0.3 is 17.9 Å². The fraction of sp³-hybridized carbons (Fsp3) is 0.588. The summed E-state index contributed by atoms with van der Waals surface area (Å²) in [4.78, 5) is 48.5. The van der Waals surface area contributed by atoms with Crippen molar-refractivity contribution in [2.24, 2.45) is 34.5 Å². The van der Waals surface area contributed by atoms with Crippen LogP contribution in [-0.4, -0.2) is 42.2 Å². The third-order valence-electron chi connectivity index (χ3n) is 11.0. The van der Waals surface area contributed by atoms with Gasteiger partial charge in [0.2, 0.25) is 0 Å². The van der Waals surface area contributed by atoms with Crippen LogP contribution < -0.4 is 0 Å². The lowest BCUT2D eigenvalue weighted by Gasteiger charge is -2.60. The van der Waals surface area contributed by atoms with Crippen molar-refractivity contribution in [3.05, 3.63) is 58.7 Å². The number of allylic oxidation sites excluding steroid dienone is 3. The van der Waals surface area contributed by atoms with Crippen molar-refractivity contribution >= 4 is 24.4 Å². The van der Waals surface area contributed by atoms with Gasteiger partial charge in [-0.05, 0) is 98.5 Å². The highest BCUT2D eigenvalue weighted by Crippen LogP contribution is 2.67. The van der Waals surface area contributed by atoms with Crippen LogP contribution in [0.25, 0.3) is 0 Å². The van der Waals surface area contributed by atoms with Crippen LogP contribution in [0.5, 0.6) is 0 Å². The van der Waals surface area contributed by atoms with Crippen molar-refractivity contribution in [3.63, 3.8) is 0 Å². The minimum atomic E-state index is -1.26. The van der Waals surface area contributed by atoms with Crippen molar-refractivity contribution in [2.75, 3.05) is 6.61 Å². The van der Waals surface area contributed by atoms with Gasteiger partial charge in [-0.2, -0.15) is 0 Å². The normalized spacial score (nSPS) is 34.0. The molecule has 1 aromatic rings. The third-order valence-corrected chi connectivity index (χ3v) is 11.0. The van der Waals surface area contributed by atoms with Crippen LogP contribution in [0.1, 0.15) is 77.7 Å². The molecule has 0 aromatic heterocycles. The van der Waals surface area contributed by atoms with Crippen molar-refractivity contribution in [1.82, 2.24) is 0 Å². The van der Waals surface area contributed by atoms with Gasteiger partial charge in [-0.1, -0.05) is 48.9 Å². The summed E-state index contributed by atoms with van der Waals surface area (Å²) in [5, 5.41) is 10.1. The van der Waals surface area contributed by atoms with E-state index in [0.29, 0.717) is 42.8 Å². The first-order chi connectivity index (χ1) is 20.1. The number of benzene rings is 1. The van der Waals surface area contributed by atoms with Gasteiger partial charge in [0.1, 0.15) is 18.3 Å². The Labute approximate surface area is 247 Å². The zero-order valence-corrected chi connectivity index (χ0v) is 24.8. The standard InChI is InChI=1S/C34H42O8/c1-21(30(31(37)38)32(39)41-18-23-7-5-4-6-8-23)27-11-12-28-26-10-9-24-17-25(42-22(2)36)13-16-34(24,19-40-20-35)29(26)14-15-33(27,28)3/h4-8,12,20,24-27,29H,9-11,13-19H2,1-3H3,(H,37,38)/b30-21+/t24-,25-,26-,27+,29-,33+,34+/m0/s1. The Kier molecular flexibility index (Phi) is 8.63. The second-order valence-electron chi connectivity index (χ2n) is 13.0. The van der Waals surface area contributed by atoms with E-state index >= 15 is 0 Å². The number of aliphatic carboxylic acids is 1. The van der Waals surface area contributed by atoms with E-state index in [4.69, 9.17) is 14.2 Å². The Morgan fingerprint density at radius 1 is 1.05 bits per heavy atom. The number of hydrogen-bond donors (Lipinski definition) is 1. The maximum absolute atomic E-state index is 13.1. The van der Waals surface area contributed by atoms with E-state index in [9.17, 15) is 24.3 Å². The number of hydrogen-bond acceptors (Lipinski definition) is 7. The van der Waals surface area contributed by atoms with E-state index in [0.717, 1.165) is 50.5 Å². The molecule has 226 valence electrons. The number of esters is 2. The fourth-order valence-electron chi connectivity index (χ4n) is 9.20. The summed E-state index contributed by atoms with van der Waals surface area (Å²) in [6.07, 6.45) is 9.01. The largest absolute Gasteiger partial charge is 0.477 e. The van der Waals surface area contributed by atoms with Gasteiger partial charge in [-0.15, -0.1) is 0 Å². The smallest absolute Gasteiger partial charge is 0.345 e. The predicted octanol–water partition coefficient (Wildman–Crippen LogP) is 5.79. The molecule has 0 heterocycles. The van der Waals surface area contributed by atoms with Crippen molar-refractivity contribution < 1.29 is 38.5 Å². The van der Waals surface area contributed by atoms with E-state index in [1.54, 1.807) is 6.92 Å². The molecule has 4 aliphatic carbocycles. The van der Waals surface area contributed by atoms with Crippen LogP contribution in [0, 0.1) is 34.5 Å². The molecule has 8 heteroatoms. The van der Waals surface area contributed by atoms with Crippen molar-refractivity contribution in [1.29, 1.82) is 0 Å². The summed E-state index contributed by atoms with van der Waals surface area (Å²) in [5.41, 5.74) is 2.03. The number of carbonyl (C=O) groups is 4. The first kappa shape index (κ1) is 30.1. The maximum Gasteiger partial charge on any atom is 0.345 e. The molecule has 0 unspecified atom stereocenters. The summed E-state index contributed by atoms with van der Waals surface area (Å²) >= 11 is 0. The van der Waals surface area contributed by atoms with Gasteiger partial charge < -0.3 is 19.3 Å². The quantitative estimate of drug-likeness (QED) is 0.0744. The molecule has 0 bridgehead atoms. The van der Waals surface area contributed by atoms with Crippen LogP contribution in [0.15, 0.2) is 53.1 Å². The van der Waals surface area contributed by atoms with E-state index < -0.39 is 11.9 Å². The van der Waals surface area contributed by atoms with E-state index in [-0.39, 0.29) is 41.0 Å². The average Bonchev–Trinajstić information content (AvgIpc) is 3.32. The molecular formula is C34H42O8. The van der Waals surface area contributed by atoms with Gasteiger partial charge in [0.05, 0.1) is 6.61 Å². The number of carboxylic acids is 1. The molecule has 0 radical (unpaired) electrons. The molecule has 5 rings (SSSR count). The molecular weight excluding hydrogens is 536 g/mol. The fourth-order valence-corrected chi connectivity index (χ4v) is 9.20. The molecule has 0 saturated heterocycles.